The van der Waals surface area contributed by atoms with Crippen LogP contribution in [-0.2, 0) is 9.36 Å². The number of amides is 2. The average Bonchev–Trinajstić information content (AvgIpc) is 3.62. The van der Waals surface area contributed by atoms with Crippen LogP contribution < -0.4 is 20.8 Å². The van der Waals surface area contributed by atoms with E-state index in [1.54, 1.807) is 6.92 Å². The second-order valence-corrected chi connectivity index (χ2v) is 8.61. The van der Waals surface area contributed by atoms with Crippen molar-refractivity contribution in [2.45, 2.75) is 19.8 Å². The predicted molar refractivity (Wildman–Crippen MR) is 115 cm³/mol. The molecule has 2 fully saturated rings. The van der Waals surface area contributed by atoms with Crippen LogP contribution in [0.5, 0.6) is 0 Å². The van der Waals surface area contributed by atoms with Gasteiger partial charge in [-0.25, -0.2) is 4.39 Å². The van der Waals surface area contributed by atoms with Gasteiger partial charge in [0.1, 0.15) is 5.82 Å². The molecule has 7 nitrogen and oxygen atoms in total. The van der Waals surface area contributed by atoms with Crippen molar-refractivity contribution in [3.63, 3.8) is 0 Å². The molecule has 2 aromatic rings. The summed E-state index contributed by atoms with van der Waals surface area (Å²) in [7, 11) is -2.73. The summed E-state index contributed by atoms with van der Waals surface area (Å²) in [4.78, 5) is 36.3. The summed E-state index contributed by atoms with van der Waals surface area (Å²) in [6, 6.07) is 9.90. The molecular weight excluding hydrogens is 420 g/mol. The number of nitrogens with one attached hydrogen (secondary N) is 2. The minimum absolute atomic E-state index is 0.0722. The monoisotopic (exact) mass is 445 g/mol. The Balaban J connectivity index is 0.000000207. The molecule has 164 valence electrons. The quantitative estimate of drug-likeness (QED) is 0.701. The van der Waals surface area contributed by atoms with Crippen molar-refractivity contribution in [2.24, 2.45) is 5.92 Å². The van der Waals surface area contributed by atoms with Gasteiger partial charge in [-0.2, -0.15) is 0 Å². The fraction of sp³-hybridized carbons (Fsp3) is 0.364. The highest BCUT2D eigenvalue weighted by molar-refractivity contribution is 7.45. The third kappa shape index (κ3) is 6.66. The maximum atomic E-state index is 13.1. The molecule has 2 aromatic carbocycles. The standard InChI is InChI=1S/C14H11FNO3P.C8H14N2O/c1-9-7-11(5-6-13(9)15)16-14(17)10-3-2-4-12(8-10)20(18)19;11-8(7-1-2-7)10-5-3-9-4-6-10/h2-8H,1H3,(H,16,17);7,9H,1-6H2. The molecule has 0 radical (unpaired) electrons. The molecule has 0 aromatic heterocycles. The lowest BCUT2D eigenvalue weighted by Gasteiger charge is -2.27. The van der Waals surface area contributed by atoms with Crippen molar-refractivity contribution >= 4 is 30.8 Å². The van der Waals surface area contributed by atoms with Gasteiger partial charge in [-0.05, 0) is 55.7 Å². The Morgan fingerprint density at radius 2 is 1.87 bits per heavy atom. The molecule has 1 saturated carbocycles. The summed E-state index contributed by atoms with van der Waals surface area (Å²) in [5.74, 6) is -0.0114. The van der Waals surface area contributed by atoms with Crippen LogP contribution in [0, 0.1) is 18.7 Å². The van der Waals surface area contributed by atoms with Crippen LogP contribution in [0.15, 0.2) is 42.5 Å². The van der Waals surface area contributed by atoms with Crippen molar-refractivity contribution in [3.05, 3.63) is 59.4 Å². The van der Waals surface area contributed by atoms with E-state index in [0.29, 0.717) is 23.1 Å². The summed E-state index contributed by atoms with van der Waals surface area (Å²) in [6.45, 7) is 5.36. The maximum Gasteiger partial charge on any atom is 0.348 e. The molecule has 31 heavy (non-hydrogen) atoms. The van der Waals surface area contributed by atoms with Gasteiger partial charge in [0.2, 0.25) is 5.91 Å². The Morgan fingerprint density at radius 3 is 2.48 bits per heavy atom. The molecule has 1 heterocycles. The fourth-order valence-electron chi connectivity index (χ4n) is 3.16. The van der Waals surface area contributed by atoms with Crippen LogP contribution in [-0.4, -0.2) is 42.9 Å². The van der Waals surface area contributed by atoms with Gasteiger partial charge in [0.05, 0.1) is 0 Å². The summed E-state index contributed by atoms with van der Waals surface area (Å²) in [6.07, 6.45) is 2.26. The summed E-state index contributed by atoms with van der Waals surface area (Å²) < 4.78 is 24.0. The third-order valence-corrected chi connectivity index (χ3v) is 5.79. The number of benzene rings is 2. The molecule has 2 N–H and O–H groups in total. The smallest absolute Gasteiger partial charge is 0.348 e. The Labute approximate surface area is 181 Å². The van der Waals surface area contributed by atoms with Crippen LogP contribution in [0.2, 0.25) is 0 Å². The summed E-state index contributed by atoms with van der Waals surface area (Å²) in [5, 5.41) is 5.90. The number of hydrogen-bond donors (Lipinski definition) is 2. The van der Waals surface area contributed by atoms with E-state index < -0.39 is 13.9 Å². The molecule has 1 saturated heterocycles. The number of carbonyl (C=O) groups excluding carboxylic acids is 2. The second kappa shape index (κ2) is 10.6. The normalized spacial score (nSPS) is 16.1. The second-order valence-electron chi connectivity index (χ2n) is 7.58. The minimum Gasteiger partial charge on any atom is -0.591 e. The van der Waals surface area contributed by atoms with Gasteiger partial charge in [0, 0.05) is 49.4 Å². The van der Waals surface area contributed by atoms with Gasteiger partial charge >= 0.3 is 8.03 Å². The first kappa shape index (κ1) is 23.0. The molecule has 2 aliphatic rings. The summed E-state index contributed by atoms with van der Waals surface area (Å²) >= 11 is 0. The molecule has 2 amide bonds. The van der Waals surface area contributed by atoms with Gasteiger partial charge in [0.15, 0.2) is 5.30 Å². The highest BCUT2D eigenvalue weighted by Crippen LogP contribution is 2.30. The Hall–Kier alpha value is -2.67. The number of nitrogens with zero attached hydrogens (tertiary/aromatic N) is 1. The highest BCUT2D eigenvalue weighted by Gasteiger charge is 2.33. The fourth-order valence-corrected chi connectivity index (χ4v) is 3.61. The molecule has 9 heteroatoms. The first-order valence-corrected chi connectivity index (χ1v) is 11.3. The zero-order valence-electron chi connectivity index (χ0n) is 17.3. The Morgan fingerprint density at radius 1 is 1.16 bits per heavy atom. The zero-order chi connectivity index (χ0) is 22.4. The number of halogens is 1. The number of rotatable bonds is 4. The number of carbonyl (C=O) groups is 2. The molecule has 0 spiro atoms. The van der Waals surface area contributed by atoms with Crippen molar-refractivity contribution in [1.82, 2.24) is 10.2 Å². The van der Waals surface area contributed by atoms with Crippen molar-refractivity contribution < 1.29 is 23.4 Å². The molecule has 4 rings (SSSR count). The van der Waals surface area contributed by atoms with Crippen LogP contribution in [0.1, 0.15) is 28.8 Å². The largest absolute Gasteiger partial charge is 0.591 e. The highest BCUT2D eigenvalue weighted by atomic mass is 31.1. The van der Waals surface area contributed by atoms with Gasteiger partial charge in [-0.3, -0.25) is 9.59 Å². The zero-order valence-corrected chi connectivity index (χ0v) is 18.2. The lowest BCUT2D eigenvalue weighted by Crippen LogP contribution is -2.46. The molecule has 1 unspecified atom stereocenters. The van der Waals surface area contributed by atoms with E-state index in [2.05, 4.69) is 10.6 Å². The number of aryl methyl sites for hydroxylation is 1. The SMILES string of the molecule is Cc1cc(NC(=O)c2cccc([P+](=O)[O-])c2)ccc1F.O=C(C1CC1)N1CCNCC1. The molecule has 1 aliphatic heterocycles. The topological polar surface area (TPSA) is 102 Å². The first-order chi connectivity index (χ1) is 14.8. The third-order valence-electron chi connectivity index (χ3n) is 5.09. The Kier molecular flexibility index (Phi) is 7.85. The number of anilines is 1. The lowest BCUT2D eigenvalue weighted by atomic mass is 10.2. The van der Waals surface area contributed by atoms with Crippen molar-refractivity contribution in [1.29, 1.82) is 0 Å². The summed E-state index contributed by atoms with van der Waals surface area (Å²) in [5.41, 5.74) is 1.09. The van der Waals surface area contributed by atoms with E-state index in [0.717, 1.165) is 39.0 Å². The predicted octanol–water partition coefficient (Wildman–Crippen LogP) is 1.94. The lowest BCUT2D eigenvalue weighted by molar-refractivity contribution is -0.160. The minimum atomic E-state index is -2.73. The average molecular weight is 445 g/mol. The van der Waals surface area contributed by atoms with E-state index in [-0.39, 0.29) is 16.7 Å². The van der Waals surface area contributed by atoms with Gasteiger partial charge in [-0.15, -0.1) is 0 Å². The molecule has 0 bridgehead atoms. The van der Waals surface area contributed by atoms with Crippen molar-refractivity contribution in [3.8, 4) is 0 Å². The number of piperazine rings is 1. The molecule has 1 atom stereocenters. The van der Waals surface area contributed by atoms with Gasteiger partial charge in [-0.1, -0.05) is 10.6 Å². The van der Waals surface area contributed by atoms with E-state index in [1.807, 2.05) is 4.90 Å². The Bertz CT molecular complexity index is 975. The van der Waals surface area contributed by atoms with E-state index >= 15 is 0 Å². The van der Waals surface area contributed by atoms with Crippen LogP contribution in [0.25, 0.3) is 0 Å². The molecular formula is C22H25FN3O4P. The first-order valence-electron chi connectivity index (χ1n) is 10.2. The van der Waals surface area contributed by atoms with Crippen LogP contribution >= 0.6 is 8.03 Å². The van der Waals surface area contributed by atoms with Gasteiger partial charge in [0.25, 0.3) is 5.91 Å². The molecule has 1 aliphatic carbocycles. The van der Waals surface area contributed by atoms with Gasteiger partial charge < -0.3 is 20.4 Å². The number of hydrogen-bond acceptors (Lipinski definition) is 5. The van der Waals surface area contributed by atoms with Crippen LogP contribution in [0.3, 0.4) is 0 Å². The van der Waals surface area contributed by atoms with E-state index in [9.17, 15) is 23.4 Å². The van der Waals surface area contributed by atoms with Crippen LogP contribution in [0.4, 0.5) is 10.1 Å². The van der Waals surface area contributed by atoms with E-state index in [4.69, 9.17) is 0 Å². The van der Waals surface area contributed by atoms with E-state index in [1.165, 1.54) is 42.5 Å². The maximum absolute atomic E-state index is 13.1. The van der Waals surface area contributed by atoms with Crippen molar-refractivity contribution in [2.75, 3.05) is 31.5 Å².